The fourth-order valence-electron chi connectivity index (χ4n) is 2.80. The number of hydrogen-bond acceptors (Lipinski definition) is 4. The summed E-state index contributed by atoms with van der Waals surface area (Å²) >= 11 is 2.03. The van der Waals surface area contributed by atoms with Gasteiger partial charge >= 0.3 is 5.97 Å². The van der Waals surface area contributed by atoms with E-state index in [4.69, 9.17) is 9.73 Å². The standard InChI is InChI=1S/C19H29N3O2S.HI/c1-4-20-18(22-14-19(2)11-5-13-25-19)21-12-10-15-6-8-16(9-7-15)17(23)24-3;/h6-9H,4-5,10-14H2,1-3H3,(H2,20,21,22);1H. The number of hydrogen-bond donors (Lipinski definition) is 2. The largest absolute Gasteiger partial charge is 0.465 e. The van der Waals surface area contributed by atoms with E-state index in [9.17, 15) is 4.79 Å². The maximum Gasteiger partial charge on any atom is 0.337 e. The number of esters is 1. The molecule has 1 aliphatic rings. The molecule has 1 saturated heterocycles. The van der Waals surface area contributed by atoms with Gasteiger partial charge in [0.25, 0.3) is 0 Å². The second kappa shape index (κ2) is 11.7. The van der Waals surface area contributed by atoms with Gasteiger partial charge in [-0.1, -0.05) is 12.1 Å². The molecule has 2 rings (SSSR count). The Balaban J connectivity index is 0.00000338. The summed E-state index contributed by atoms with van der Waals surface area (Å²) in [4.78, 5) is 16.2. The molecule has 0 amide bonds. The van der Waals surface area contributed by atoms with Crippen LogP contribution in [0.1, 0.15) is 42.6 Å². The molecule has 1 aromatic rings. The molecule has 0 aliphatic carbocycles. The predicted octanol–water partition coefficient (Wildman–Crippen LogP) is 3.47. The molecule has 1 fully saturated rings. The summed E-state index contributed by atoms with van der Waals surface area (Å²) in [5.41, 5.74) is 1.76. The van der Waals surface area contributed by atoms with Crippen LogP contribution in [0.25, 0.3) is 0 Å². The number of aliphatic imine (C=N–C) groups is 1. The number of benzene rings is 1. The summed E-state index contributed by atoms with van der Waals surface area (Å²) < 4.78 is 5.00. The first kappa shape index (κ1) is 23.1. The van der Waals surface area contributed by atoms with Crippen LogP contribution in [0.3, 0.4) is 0 Å². The van der Waals surface area contributed by atoms with Crippen LogP contribution in [-0.4, -0.2) is 49.2 Å². The Hall–Kier alpha value is -0.960. The van der Waals surface area contributed by atoms with Gasteiger partial charge in [-0.05, 0) is 56.6 Å². The Bertz CT molecular complexity index is 587. The summed E-state index contributed by atoms with van der Waals surface area (Å²) in [6.45, 7) is 6.88. The molecule has 5 nitrogen and oxygen atoms in total. The lowest BCUT2D eigenvalue weighted by Crippen LogP contribution is -2.39. The van der Waals surface area contributed by atoms with Gasteiger partial charge in [0.1, 0.15) is 0 Å². The number of ether oxygens (including phenoxy) is 1. The minimum atomic E-state index is -0.301. The van der Waals surface area contributed by atoms with Crippen LogP contribution in [0.15, 0.2) is 29.3 Å². The van der Waals surface area contributed by atoms with Crippen LogP contribution >= 0.6 is 35.7 Å². The maximum absolute atomic E-state index is 11.4. The molecule has 1 unspecified atom stereocenters. The van der Waals surface area contributed by atoms with E-state index in [0.29, 0.717) is 5.56 Å². The summed E-state index contributed by atoms with van der Waals surface area (Å²) in [5.74, 6) is 1.82. The molecular formula is C19H30IN3O2S. The SMILES string of the molecule is CCNC(=NCC1(C)CCCS1)NCCc1ccc(C(=O)OC)cc1.I. The summed E-state index contributed by atoms with van der Waals surface area (Å²) in [7, 11) is 1.40. The third-order valence-corrected chi connectivity index (χ3v) is 5.82. The molecule has 7 heteroatoms. The molecule has 0 aromatic heterocycles. The normalized spacial score (nSPS) is 19.6. The average Bonchev–Trinajstić information content (AvgIpc) is 3.06. The zero-order valence-corrected chi connectivity index (χ0v) is 19.0. The number of rotatable bonds is 7. The number of carbonyl (C=O) groups is 1. The lowest BCUT2D eigenvalue weighted by Gasteiger charge is -2.21. The average molecular weight is 491 g/mol. The summed E-state index contributed by atoms with van der Waals surface area (Å²) in [6, 6.07) is 7.54. The van der Waals surface area contributed by atoms with Crippen LogP contribution in [0, 0.1) is 0 Å². The fourth-order valence-corrected chi connectivity index (χ4v) is 4.03. The van der Waals surface area contributed by atoms with Gasteiger partial charge in [-0.2, -0.15) is 11.8 Å². The van der Waals surface area contributed by atoms with Crippen LogP contribution < -0.4 is 10.6 Å². The van der Waals surface area contributed by atoms with E-state index >= 15 is 0 Å². The van der Waals surface area contributed by atoms with E-state index in [2.05, 4.69) is 24.5 Å². The molecule has 1 aliphatic heterocycles. The first-order valence-corrected chi connectivity index (χ1v) is 9.88. The second-order valence-corrected chi connectivity index (χ2v) is 8.14. The Morgan fingerprint density at radius 3 is 2.62 bits per heavy atom. The minimum absolute atomic E-state index is 0. The van der Waals surface area contributed by atoms with Crippen LogP contribution in [0.2, 0.25) is 0 Å². The molecular weight excluding hydrogens is 461 g/mol. The molecule has 0 spiro atoms. The number of nitrogens with zero attached hydrogens (tertiary/aromatic N) is 1. The third-order valence-electron chi connectivity index (χ3n) is 4.30. The summed E-state index contributed by atoms with van der Waals surface area (Å²) in [6.07, 6.45) is 3.41. The monoisotopic (exact) mass is 491 g/mol. The quantitative estimate of drug-likeness (QED) is 0.265. The van der Waals surface area contributed by atoms with Gasteiger partial charge in [0.15, 0.2) is 5.96 Å². The van der Waals surface area contributed by atoms with Crippen molar-refractivity contribution >= 4 is 47.7 Å². The van der Waals surface area contributed by atoms with E-state index in [1.165, 1.54) is 31.3 Å². The van der Waals surface area contributed by atoms with Crippen molar-refractivity contribution in [2.45, 2.75) is 37.9 Å². The van der Waals surface area contributed by atoms with Gasteiger partial charge in [-0.25, -0.2) is 4.79 Å². The first-order valence-electron chi connectivity index (χ1n) is 8.90. The zero-order valence-electron chi connectivity index (χ0n) is 15.8. The lowest BCUT2D eigenvalue weighted by molar-refractivity contribution is 0.0600. The highest BCUT2D eigenvalue weighted by atomic mass is 127. The van der Waals surface area contributed by atoms with Gasteiger partial charge in [0, 0.05) is 17.8 Å². The van der Waals surface area contributed by atoms with E-state index in [1.807, 2.05) is 23.9 Å². The molecule has 146 valence electrons. The number of halogens is 1. The predicted molar refractivity (Wildman–Crippen MR) is 121 cm³/mol. The van der Waals surface area contributed by atoms with Crippen LogP contribution in [0.5, 0.6) is 0 Å². The topological polar surface area (TPSA) is 62.7 Å². The second-order valence-electron chi connectivity index (χ2n) is 6.46. The number of methoxy groups -OCH3 is 1. The fraction of sp³-hybridized carbons (Fsp3) is 0.579. The van der Waals surface area contributed by atoms with Crippen molar-refractivity contribution in [2.75, 3.05) is 32.5 Å². The van der Waals surface area contributed by atoms with Gasteiger partial charge < -0.3 is 15.4 Å². The van der Waals surface area contributed by atoms with Crippen molar-refractivity contribution in [1.29, 1.82) is 0 Å². The van der Waals surface area contributed by atoms with E-state index in [1.54, 1.807) is 12.1 Å². The molecule has 0 radical (unpaired) electrons. The highest BCUT2D eigenvalue weighted by Gasteiger charge is 2.29. The summed E-state index contributed by atoms with van der Waals surface area (Å²) in [5, 5.41) is 6.71. The third kappa shape index (κ3) is 7.34. The lowest BCUT2D eigenvalue weighted by atomic mass is 10.1. The molecule has 2 N–H and O–H groups in total. The molecule has 26 heavy (non-hydrogen) atoms. The van der Waals surface area contributed by atoms with Gasteiger partial charge in [0.05, 0.1) is 19.2 Å². The van der Waals surface area contributed by atoms with Gasteiger partial charge in [-0.15, -0.1) is 24.0 Å². The van der Waals surface area contributed by atoms with Crippen molar-refractivity contribution in [3.8, 4) is 0 Å². The smallest absolute Gasteiger partial charge is 0.337 e. The Labute approximate surface area is 178 Å². The van der Waals surface area contributed by atoms with Crippen molar-refractivity contribution < 1.29 is 9.53 Å². The first-order chi connectivity index (χ1) is 12.1. The number of nitrogens with one attached hydrogen (secondary N) is 2. The van der Waals surface area contributed by atoms with Gasteiger partial charge in [0.2, 0.25) is 0 Å². The van der Waals surface area contributed by atoms with E-state index in [0.717, 1.165) is 32.0 Å². The van der Waals surface area contributed by atoms with Crippen molar-refractivity contribution in [3.05, 3.63) is 35.4 Å². The molecule has 1 heterocycles. The van der Waals surface area contributed by atoms with Crippen molar-refractivity contribution in [2.24, 2.45) is 4.99 Å². The minimum Gasteiger partial charge on any atom is -0.465 e. The number of carbonyl (C=O) groups excluding carboxylic acids is 1. The van der Waals surface area contributed by atoms with E-state index < -0.39 is 0 Å². The highest BCUT2D eigenvalue weighted by molar-refractivity contribution is 14.0. The maximum atomic E-state index is 11.4. The molecule has 0 bridgehead atoms. The zero-order chi connectivity index (χ0) is 18.1. The van der Waals surface area contributed by atoms with Crippen molar-refractivity contribution in [3.63, 3.8) is 0 Å². The van der Waals surface area contributed by atoms with Gasteiger partial charge in [-0.3, -0.25) is 4.99 Å². The highest BCUT2D eigenvalue weighted by Crippen LogP contribution is 2.37. The van der Waals surface area contributed by atoms with Crippen molar-refractivity contribution in [1.82, 2.24) is 10.6 Å². The Morgan fingerprint density at radius 2 is 2.04 bits per heavy atom. The molecule has 1 atom stereocenters. The molecule has 1 aromatic carbocycles. The Kier molecular flexibility index (Phi) is 10.4. The van der Waals surface area contributed by atoms with E-state index in [-0.39, 0.29) is 34.7 Å². The number of thioether (sulfide) groups is 1. The van der Waals surface area contributed by atoms with Crippen LogP contribution in [-0.2, 0) is 11.2 Å². The number of guanidine groups is 1. The van der Waals surface area contributed by atoms with Crippen LogP contribution in [0.4, 0.5) is 0 Å². The Morgan fingerprint density at radius 1 is 1.31 bits per heavy atom. The molecule has 0 saturated carbocycles.